The van der Waals surface area contributed by atoms with Gasteiger partial charge in [0.2, 0.25) is 0 Å². The second kappa shape index (κ2) is 8.25. The van der Waals surface area contributed by atoms with Crippen molar-refractivity contribution < 1.29 is 9.53 Å². The highest BCUT2D eigenvalue weighted by Gasteiger charge is 2.08. The summed E-state index contributed by atoms with van der Waals surface area (Å²) < 4.78 is 5.42. The Bertz CT molecular complexity index is 336. The van der Waals surface area contributed by atoms with E-state index < -0.39 is 0 Å². The Hall–Kier alpha value is -0.870. The van der Waals surface area contributed by atoms with Gasteiger partial charge in [-0.2, -0.15) is 0 Å². The summed E-state index contributed by atoms with van der Waals surface area (Å²) in [4.78, 5) is 12.5. The number of rotatable bonds is 8. The van der Waals surface area contributed by atoms with E-state index in [1.54, 1.807) is 0 Å². The molecule has 1 aromatic rings. The van der Waals surface area contributed by atoms with Gasteiger partial charge < -0.3 is 10.1 Å². The summed E-state index contributed by atoms with van der Waals surface area (Å²) in [5.74, 6) is 0.0334. The first-order valence-electron chi connectivity index (χ1n) is 6.15. The first kappa shape index (κ1) is 14.2. The Balaban J connectivity index is 2.07. The van der Waals surface area contributed by atoms with Gasteiger partial charge in [0.25, 0.3) is 5.91 Å². The minimum absolute atomic E-state index is 0.0334. The van der Waals surface area contributed by atoms with Crippen LogP contribution in [0.3, 0.4) is 0 Å². The van der Waals surface area contributed by atoms with Gasteiger partial charge in [0, 0.05) is 19.8 Å². The number of hydrogen-bond acceptors (Lipinski definition) is 3. The lowest BCUT2D eigenvalue weighted by atomic mass is 10.3. The number of hydrogen-bond donors (Lipinski definition) is 1. The summed E-state index contributed by atoms with van der Waals surface area (Å²) in [7, 11) is 0. The van der Waals surface area contributed by atoms with Gasteiger partial charge >= 0.3 is 0 Å². The van der Waals surface area contributed by atoms with Gasteiger partial charge in [0.15, 0.2) is 0 Å². The molecule has 1 rings (SSSR count). The Labute approximate surface area is 107 Å². The minimum Gasteiger partial charge on any atom is -0.381 e. The molecule has 0 atom stereocenters. The van der Waals surface area contributed by atoms with Crippen LogP contribution in [0.15, 0.2) is 11.4 Å². The molecule has 1 N–H and O–H groups in total. The van der Waals surface area contributed by atoms with Crippen molar-refractivity contribution >= 4 is 17.2 Å². The second-order valence-electron chi connectivity index (χ2n) is 4.01. The molecule has 0 unspecified atom stereocenters. The Morgan fingerprint density at radius 1 is 1.41 bits per heavy atom. The highest BCUT2D eigenvalue weighted by atomic mass is 32.1. The number of aryl methyl sites for hydroxylation is 1. The summed E-state index contributed by atoms with van der Waals surface area (Å²) in [6, 6.07) is 1.97. The fourth-order valence-electron chi connectivity index (χ4n) is 1.41. The molecule has 96 valence electrons. The summed E-state index contributed by atoms with van der Waals surface area (Å²) >= 11 is 1.49. The summed E-state index contributed by atoms with van der Waals surface area (Å²) in [6.07, 6.45) is 3.15. The molecule has 3 nitrogen and oxygen atoms in total. The zero-order valence-corrected chi connectivity index (χ0v) is 11.4. The van der Waals surface area contributed by atoms with Crippen molar-refractivity contribution in [3.63, 3.8) is 0 Å². The fraction of sp³-hybridized carbons (Fsp3) is 0.615. The van der Waals surface area contributed by atoms with E-state index in [-0.39, 0.29) is 5.91 Å². The average Bonchev–Trinajstić information content (AvgIpc) is 2.74. The number of carbonyl (C=O) groups is 1. The van der Waals surface area contributed by atoms with Crippen LogP contribution in [0.25, 0.3) is 0 Å². The first-order chi connectivity index (χ1) is 8.25. The molecular formula is C13H21NO2S. The van der Waals surface area contributed by atoms with E-state index in [1.807, 2.05) is 18.4 Å². The smallest absolute Gasteiger partial charge is 0.261 e. The molecule has 1 amide bonds. The standard InChI is InChI=1S/C13H21NO2S/c1-3-4-8-16-9-5-7-14-13(15)12-11(2)6-10-17-12/h6,10H,3-5,7-9H2,1-2H3,(H,14,15). The van der Waals surface area contributed by atoms with E-state index in [4.69, 9.17) is 4.74 Å². The SMILES string of the molecule is CCCCOCCCNC(=O)c1sccc1C. The van der Waals surface area contributed by atoms with E-state index in [9.17, 15) is 4.79 Å². The van der Waals surface area contributed by atoms with Crippen LogP contribution in [0.5, 0.6) is 0 Å². The van der Waals surface area contributed by atoms with Crippen molar-refractivity contribution in [3.8, 4) is 0 Å². The molecule has 17 heavy (non-hydrogen) atoms. The number of nitrogens with one attached hydrogen (secondary N) is 1. The van der Waals surface area contributed by atoms with Crippen molar-refractivity contribution in [1.82, 2.24) is 5.32 Å². The lowest BCUT2D eigenvalue weighted by molar-refractivity contribution is 0.0944. The van der Waals surface area contributed by atoms with Crippen LogP contribution in [0.4, 0.5) is 0 Å². The van der Waals surface area contributed by atoms with Crippen LogP contribution in [-0.4, -0.2) is 25.7 Å². The first-order valence-corrected chi connectivity index (χ1v) is 7.03. The highest BCUT2D eigenvalue weighted by Crippen LogP contribution is 2.14. The Morgan fingerprint density at radius 2 is 2.18 bits per heavy atom. The molecule has 0 aliphatic heterocycles. The van der Waals surface area contributed by atoms with E-state index in [0.29, 0.717) is 6.54 Å². The van der Waals surface area contributed by atoms with Gasteiger partial charge in [0.1, 0.15) is 0 Å². The van der Waals surface area contributed by atoms with Crippen molar-refractivity contribution in [2.45, 2.75) is 33.1 Å². The van der Waals surface area contributed by atoms with Crippen LogP contribution in [-0.2, 0) is 4.74 Å². The molecule has 1 aromatic heterocycles. The molecule has 4 heteroatoms. The van der Waals surface area contributed by atoms with Gasteiger partial charge in [0.05, 0.1) is 4.88 Å². The zero-order chi connectivity index (χ0) is 12.5. The van der Waals surface area contributed by atoms with Crippen LogP contribution in [0.1, 0.15) is 41.4 Å². The van der Waals surface area contributed by atoms with Crippen molar-refractivity contribution in [2.24, 2.45) is 0 Å². The molecule has 0 spiro atoms. The molecule has 0 radical (unpaired) electrons. The average molecular weight is 255 g/mol. The van der Waals surface area contributed by atoms with E-state index in [0.717, 1.165) is 42.9 Å². The van der Waals surface area contributed by atoms with Crippen LogP contribution < -0.4 is 5.32 Å². The van der Waals surface area contributed by atoms with Crippen LogP contribution >= 0.6 is 11.3 Å². The maximum absolute atomic E-state index is 11.7. The lowest BCUT2D eigenvalue weighted by Crippen LogP contribution is -2.25. The molecule has 0 aliphatic rings. The van der Waals surface area contributed by atoms with E-state index in [2.05, 4.69) is 12.2 Å². The lowest BCUT2D eigenvalue weighted by Gasteiger charge is -2.05. The maximum Gasteiger partial charge on any atom is 0.261 e. The second-order valence-corrected chi connectivity index (χ2v) is 4.92. The van der Waals surface area contributed by atoms with Crippen LogP contribution in [0.2, 0.25) is 0 Å². The predicted molar refractivity (Wildman–Crippen MR) is 71.7 cm³/mol. The summed E-state index contributed by atoms with van der Waals surface area (Å²) in [5.41, 5.74) is 1.05. The molecule has 0 aromatic carbocycles. The van der Waals surface area contributed by atoms with Gasteiger partial charge in [-0.05, 0) is 36.8 Å². The number of amides is 1. The van der Waals surface area contributed by atoms with Gasteiger partial charge in [-0.1, -0.05) is 13.3 Å². The normalized spacial score (nSPS) is 10.5. The minimum atomic E-state index is 0.0334. The monoisotopic (exact) mass is 255 g/mol. The third-order valence-electron chi connectivity index (χ3n) is 2.46. The molecule has 0 saturated carbocycles. The van der Waals surface area contributed by atoms with E-state index >= 15 is 0 Å². The number of thiophene rings is 1. The summed E-state index contributed by atoms with van der Waals surface area (Å²) in [5, 5.41) is 4.85. The zero-order valence-electron chi connectivity index (χ0n) is 10.6. The molecule has 0 bridgehead atoms. The van der Waals surface area contributed by atoms with Crippen molar-refractivity contribution in [1.29, 1.82) is 0 Å². The van der Waals surface area contributed by atoms with Crippen LogP contribution in [0, 0.1) is 6.92 Å². The fourth-order valence-corrected chi connectivity index (χ4v) is 2.25. The number of ether oxygens (including phenoxy) is 1. The predicted octanol–water partition coefficient (Wildman–Crippen LogP) is 2.99. The maximum atomic E-state index is 11.7. The van der Waals surface area contributed by atoms with E-state index in [1.165, 1.54) is 11.3 Å². The largest absolute Gasteiger partial charge is 0.381 e. The van der Waals surface area contributed by atoms with Gasteiger partial charge in [-0.3, -0.25) is 4.79 Å². The number of unbranched alkanes of at least 4 members (excludes halogenated alkanes) is 1. The molecule has 1 heterocycles. The molecular weight excluding hydrogens is 234 g/mol. The van der Waals surface area contributed by atoms with Gasteiger partial charge in [-0.25, -0.2) is 0 Å². The Kier molecular flexibility index (Phi) is 6.89. The topological polar surface area (TPSA) is 38.3 Å². The summed E-state index contributed by atoms with van der Waals surface area (Å²) in [6.45, 7) is 6.34. The number of carbonyl (C=O) groups excluding carboxylic acids is 1. The van der Waals surface area contributed by atoms with Gasteiger partial charge in [-0.15, -0.1) is 11.3 Å². The Morgan fingerprint density at radius 3 is 2.82 bits per heavy atom. The quantitative estimate of drug-likeness (QED) is 0.725. The molecule has 0 fully saturated rings. The molecule has 0 aliphatic carbocycles. The van der Waals surface area contributed by atoms with Crippen molar-refractivity contribution in [3.05, 3.63) is 21.9 Å². The van der Waals surface area contributed by atoms with Crippen molar-refractivity contribution in [2.75, 3.05) is 19.8 Å². The third-order valence-corrected chi connectivity index (χ3v) is 3.48. The molecule has 0 saturated heterocycles. The highest BCUT2D eigenvalue weighted by molar-refractivity contribution is 7.12. The third kappa shape index (κ3) is 5.33.